The van der Waals surface area contributed by atoms with Crippen LogP contribution in [0.15, 0.2) is 0 Å². The molecule has 2 heteroatoms. The summed E-state index contributed by atoms with van der Waals surface area (Å²) in [5.41, 5.74) is 0. The molecule has 36 valence electrons. The van der Waals surface area contributed by atoms with E-state index in [2.05, 4.69) is 0 Å². The number of rotatable bonds is 0. The second-order valence-corrected chi connectivity index (χ2v) is 4.02. The van der Waals surface area contributed by atoms with Gasteiger partial charge in [0, 0.05) is 0 Å². The van der Waals surface area contributed by atoms with Crippen LogP contribution in [-0.4, -0.2) is 12.3 Å². The van der Waals surface area contributed by atoms with Crippen molar-refractivity contribution >= 4 is 7.71 Å². The zero-order chi connectivity index (χ0) is 4.41. The van der Waals surface area contributed by atoms with E-state index in [-0.39, 0.29) is 0 Å². The lowest BCUT2D eigenvalue weighted by Gasteiger charge is -1.80. The minimum absolute atomic E-state index is 0.507. The van der Waals surface area contributed by atoms with Crippen LogP contribution in [0, 0.1) is 5.16 Å². The summed E-state index contributed by atoms with van der Waals surface area (Å²) in [7, 11) is -0.507. The molecule has 0 spiro atoms. The quantitative estimate of drug-likeness (QED) is 0.452. The summed E-state index contributed by atoms with van der Waals surface area (Å²) in [6.45, 7) is 0. The van der Waals surface area contributed by atoms with Gasteiger partial charge in [0.2, 0.25) is 0 Å². The minimum atomic E-state index is -0.507. The molecule has 6 heavy (non-hydrogen) atoms. The summed E-state index contributed by atoms with van der Waals surface area (Å²) in [6.07, 6.45) is 5.20. The first-order valence-electron chi connectivity index (χ1n) is 2.46. The van der Waals surface area contributed by atoms with E-state index in [1.54, 1.807) is 0 Å². The first-order valence-corrected chi connectivity index (χ1v) is 4.37. The normalized spacial score (nSPS) is 25.3. The van der Waals surface area contributed by atoms with Gasteiger partial charge >= 0.3 is 0 Å². The van der Waals surface area contributed by atoms with Crippen LogP contribution in [0.25, 0.3) is 0 Å². The van der Waals surface area contributed by atoms with Crippen molar-refractivity contribution in [3.63, 3.8) is 0 Å². The molecule has 1 aliphatic heterocycles. The molecule has 1 aliphatic rings. The Morgan fingerprint density at radius 1 is 1.17 bits per heavy atom. The number of nitrogens with one attached hydrogen (secondary N) is 1. The first-order chi connectivity index (χ1) is 2.89. The van der Waals surface area contributed by atoms with Crippen molar-refractivity contribution in [2.45, 2.75) is 12.8 Å². The van der Waals surface area contributed by atoms with E-state index in [1.165, 1.54) is 25.2 Å². The Labute approximate surface area is 39.0 Å². The monoisotopic (exact) mass is 103 g/mol. The van der Waals surface area contributed by atoms with Gasteiger partial charge in [-0.15, -0.1) is 0 Å². The summed E-state index contributed by atoms with van der Waals surface area (Å²) >= 11 is 0. The molecule has 0 aromatic heterocycles. The van der Waals surface area contributed by atoms with Gasteiger partial charge in [-0.3, -0.25) is 0 Å². The SMILES string of the molecule is N=[PH]1CCCC1. The topological polar surface area (TPSA) is 23.9 Å². The average Bonchev–Trinajstić information content (AvgIpc) is 1.86. The molecule has 0 aliphatic carbocycles. The molecule has 0 atom stereocenters. The van der Waals surface area contributed by atoms with E-state index in [4.69, 9.17) is 5.16 Å². The number of hydrogen-bond acceptors (Lipinski definition) is 1. The van der Waals surface area contributed by atoms with Gasteiger partial charge in [0.05, 0.1) is 0 Å². The Morgan fingerprint density at radius 3 is 1.83 bits per heavy atom. The van der Waals surface area contributed by atoms with Crippen molar-refractivity contribution in [1.29, 1.82) is 5.16 Å². The molecule has 1 N–H and O–H groups in total. The number of hydrogen-bond donors (Lipinski definition) is 1. The second-order valence-electron chi connectivity index (χ2n) is 1.81. The summed E-state index contributed by atoms with van der Waals surface area (Å²) < 4.78 is 0. The van der Waals surface area contributed by atoms with Gasteiger partial charge in [-0.1, -0.05) is 0 Å². The van der Waals surface area contributed by atoms with E-state index < -0.39 is 7.71 Å². The smallest absolute Gasteiger partial charge is 0.0203 e. The molecule has 0 unspecified atom stereocenters. The van der Waals surface area contributed by atoms with Gasteiger partial charge in [0.25, 0.3) is 0 Å². The minimum Gasteiger partial charge on any atom is -0.322 e. The zero-order valence-corrected chi connectivity index (χ0v) is 4.83. The van der Waals surface area contributed by atoms with Crippen LogP contribution in [-0.2, 0) is 0 Å². The van der Waals surface area contributed by atoms with Crippen molar-refractivity contribution in [1.82, 2.24) is 0 Å². The van der Waals surface area contributed by atoms with Crippen LogP contribution in [0.5, 0.6) is 0 Å². The van der Waals surface area contributed by atoms with Crippen LogP contribution in [0.4, 0.5) is 0 Å². The van der Waals surface area contributed by atoms with Crippen molar-refractivity contribution < 1.29 is 0 Å². The molecular formula is C4H10NP. The van der Waals surface area contributed by atoms with Crippen LogP contribution in [0.1, 0.15) is 12.8 Å². The molecule has 0 bridgehead atoms. The Bertz CT molecular complexity index is 61.9. The fraction of sp³-hybridized carbons (Fsp3) is 1.00. The lowest BCUT2D eigenvalue weighted by molar-refractivity contribution is 0.949. The predicted octanol–water partition coefficient (Wildman–Crippen LogP) is 1.76. The molecule has 1 saturated heterocycles. The van der Waals surface area contributed by atoms with Gasteiger partial charge in [-0.25, -0.2) is 0 Å². The maximum atomic E-state index is 7.23. The van der Waals surface area contributed by atoms with Gasteiger partial charge < -0.3 is 5.16 Å². The Hall–Kier alpha value is 0.230. The summed E-state index contributed by atoms with van der Waals surface area (Å²) in [6, 6.07) is 0. The van der Waals surface area contributed by atoms with Gasteiger partial charge in [-0.2, -0.15) is 0 Å². The van der Waals surface area contributed by atoms with E-state index in [0.717, 1.165) is 0 Å². The van der Waals surface area contributed by atoms with Gasteiger partial charge in [0.1, 0.15) is 0 Å². The molecule has 0 saturated carbocycles. The van der Waals surface area contributed by atoms with Crippen molar-refractivity contribution in [3.8, 4) is 0 Å². The van der Waals surface area contributed by atoms with Crippen molar-refractivity contribution in [3.05, 3.63) is 0 Å². The maximum Gasteiger partial charge on any atom is -0.0203 e. The highest BCUT2D eigenvalue weighted by Gasteiger charge is 2.01. The summed E-state index contributed by atoms with van der Waals surface area (Å²) in [5.74, 6) is 0. The summed E-state index contributed by atoms with van der Waals surface area (Å²) in [5, 5.41) is 7.23. The average molecular weight is 103 g/mol. The molecule has 1 rings (SSSR count). The Morgan fingerprint density at radius 2 is 1.67 bits per heavy atom. The summed E-state index contributed by atoms with van der Waals surface area (Å²) in [4.78, 5) is 0. The fourth-order valence-electron chi connectivity index (χ4n) is 0.802. The predicted molar refractivity (Wildman–Crippen MR) is 30.0 cm³/mol. The highest BCUT2D eigenvalue weighted by molar-refractivity contribution is 7.46. The lowest BCUT2D eigenvalue weighted by Crippen LogP contribution is -1.58. The van der Waals surface area contributed by atoms with Crippen LogP contribution in [0.3, 0.4) is 0 Å². The molecule has 1 nitrogen and oxygen atoms in total. The molecule has 0 aromatic carbocycles. The lowest BCUT2D eigenvalue weighted by atomic mass is 10.4. The third-order valence-corrected chi connectivity index (χ3v) is 3.12. The van der Waals surface area contributed by atoms with E-state index in [1.807, 2.05) is 0 Å². The molecule has 0 radical (unpaired) electrons. The largest absolute Gasteiger partial charge is 0.322 e. The fourth-order valence-corrected chi connectivity index (χ4v) is 2.41. The van der Waals surface area contributed by atoms with Crippen LogP contribution >= 0.6 is 7.71 Å². The molecule has 1 heterocycles. The van der Waals surface area contributed by atoms with Gasteiger partial charge in [-0.05, 0) is 32.9 Å². The van der Waals surface area contributed by atoms with Crippen molar-refractivity contribution in [2.75, 3.05) is 12.3 Å². The highest BCUT2D eigenvalue weighted by Crippen LogP contribution is 2.31. The van der Waals surface area contributed by atoms with Crippen LogP contribution < -0.4 is 0 Å². The van der Waals surface area contributed by atoms with E-state index >= 15 is 0 Å². The third-order valence-electron chi connectivity index (χ3n) is 1.21. The first kappa shape index (κ1) is 4.39. The maximum absolute atomic E-state index is 7.23. The Balaban J connectivity index is 2.37. The zero-order valence-electron chi connectivity index (χ0n) is 3.83. The highest BCUT2D eigenvalue weighted by atomic mass is 31.1. The van der Waals surface area contributed by atoms with Crippen LogP contribution in [0.2, 0.25) is 0 Å². The van der Waals surface area contributed by atoms with E-state index in [9.17, 15) is 0 Å². The molecule has 1 fully saturated rings. The van der Waals surface area contributed by atoms with Crippen molar-refractivity contribution in [2.24, 2.45) is 0 Å². The molecular weight excluding hydrogens is 93.0 g/mol. The van der Waals surface area contributed by atoms with E-state index in [0.29, 0.717) is 0 Å². The molecule has 0 aromatic rings. The third kappa shape index (κ3) is 0.844. The second kappa shape index (κ2) is 1.79. The Kier molecular flexibility index (Phi) is 1.31. The standard InChI is InChI=1S/C4H10NP/c5-6-3-1-2-4-6/h5-6H,1-4H2. The molecule has 0 amide bonds. The van der Waals surface area contributed by atoms with Gasteiger partial charge in [0.15, 0.2) is 0 Å².